The average molecular weight is 508 g/mol. The van der Waals surface area contributed by atoms with Gasteiger partial charge in [-0.15, -0.1) is 0 Å². The van der Waals surface area contributed by atoms with Crippen LogP contribution in [0.3, 0.4) is 0 Å². The molecule has 0 bridgehead atoms. The Kier molecular flexibility index (Phi) is 6.32. The van der Waals surface area contributed by atoms with Crippen molar-refractivity contribution in [3.63, 3.8) is 0 Å². The molecule has 1 atom stereocenters. The standard InChI is InChI=1S/C28H23Cl2NO4/c1-15(2)28-25(26(31-35-28)24-21(29)4-3-5-22(24)30)27(33)18-7-6-17-12-19(14-34-23(17)13-18)16-8-10-20(32)11-9-16/h3-11,13-15,27,32-33H,12H2,1-2H3. The van der Waals surface area contributed by atoms with E-state index in [9.17, 15) is 10.2 Å². The maximum absolute atomic E-state index is 11.5. The summed E-state index contributed by atoms with van der Waals surface area (Å²) >= 11 is 12.9. The van der Waals surface area contributed by atoms with Gasteiger partial charge in [-0.25, -0.2) is 0 Å². The molecule has 2 heterocycles. The Hall–Kier alpha value is -3.25. The summed E-state index contributed by atoms with van der Waals surface area (Å²) < 4.78 is 11.6. The monoisotopic (exact) mass is 507 g/mol. The molecule has 1 aromatic heterocycles. The van der Waals surface area contributed by atoms with Gasteiger partial charge in [0.15, 0.2) is 0 Å². The highest BCUT2D eigenvalue weighted by Crippen LogP contribution is 2.43. The zero-order chi connectivity index (χ0) is 24.7. The number of hydrogen-bond donors (Lipinski definition) is 2. The van der Waals surface area contributed by atoms with Crippen LogP contribution < -0.4 is 4.74 Å². The summed E-state index contributed by atoms with van der Waals surface area (Å²) in [6.07, 6.45) is 1.35. The average Bonchev–Trinajstić information content (AvgIpc) is 3.28. The van der Waals surface area contributed by atoms with E-state index in [4.69, 9.17) is 32.5 Å². The summed E-state index contributed by atoms with van der Waals surface area (Å²) in [7, 11) is 0. The fraction of sp³-hybridized carbons (Fsp3) is 0.179. The number of aliphatic hydroxyl groups excluding tert-OH is 1. The predicted octanol–water partition coefficient (Wildman–Crippen LogP) is 7.54. The van der Waals surface area contributed by atoms with Crippen molar-refractivity contribution in [3.8, 4) is 22.8 Å². The van der Waals surface area contributed by atoms with Gasteiger partial charge in [0.25, 0.3) is 0 Å². The first-order chi connectivity index (χ1) is 16.8. The van der Waals surface area contributed by atoms with Crippen LogP contribution in [0.1, 0.15) is 53.9 Å². The Morgan fingerprint density at radius 1 is 0.971 bits per heavy atom. The highest BCUT2D eigenvalue weighted by molar-refractivity contribution is 6.39. The third-order valence-electron chi connectivity index (χ3n) is 6.11. The van der Waals surface area contributed by atoms with Gasteiger partial charge in [-0.3, -0.25) is 0 Å². The highest BCUT2D eigenvalue weighted by Gasteiger charge is 2.29. The minimum atomic E-state index is -1.03. The Morgan fingerprint density at radius 3 is 2.37 bits per heavy atom. The third-order valence-corrected chi connectivity index (χ3v) is 6.74. The van der Waals surface area contributed by atoms with Crippen molar-refractivity contribution in [2.24, 2.45) is 0 Å². The molecule has 5 rings (SSSR count). The first-order valence-corrected chi connectivity index (χ1v) is 12.0. The molecule has 1 aliphatic rings. The fourth-order valence-electron chi connectivity index (χ4n) is 4.29. The first-order valence-electron chi connectivity index (χ1n) is 11.2. The number of aliphatic hydroxyl groups is 1. The second-order valence-corrected chi connectivity index (χ2v) is 9.63. The Morgan fingerprint density at radius 2 is 1.69 bits per heavy atom. The SMILES string of the molecule is CC(C)c1onc(-c2c(Cl)cccc2Cl)c1C(O)c1ccc2c(c1)OC=C(c1ccc(O)cc1)C2. The normalized spacial score (nSPS) is 13.8. The molecule has 0 saturated heterocycles. The lowest BCUT2D eigenvalue weighted by molar-refractivity contribution is 0.216. The van der Waals surface area contributed by atoms with E-state index in [1.54, 1.807) is 36.6 Å². The van der Waals surface area contributed by atoms with E-state index in [0.717, 1.165) is 16.7 Å². The number of phenols is 1. The molecular weight excluding hydrogens is 485 g/mol. The summed E-state index contributed by atoms with van der Waals surface area (Å²) in [6, 6.07) is 17.9. The van der Waals surface area contributed by atoms with Crippen molar-refractivity contribution >= 4 is 28.8 Å². The van der Waals surface area contributed by atoms with Crippen LogP contribution in [-0.4, -0.2) is 15.4 Å². The number of aromatic nitrogens is 1. The van der Waals surface area contributed by atoms with Crippen molar-refractivity contribution in [2.45, 2.75) is 32.3 Å². The van der Waals surface area contributed by atoms with E-state index in [2.05, 4.69) is 5.16 Å². The number of rotatable bonds is 5. The van der Waals surface area contributed by atoms with Crippen LogP contribution in [0.25, 0.3) is 16.8 Å². The lowest BCUT2D eigenvalue weighted by Gasteiger charge is -2.20. The van der Waals surface area contributed by atoms with E-state index < -0.39 is 6.10 Å². The van der Waals surface area contributed by atoms with Gasteiger partial charge in [0.1, 0.15) is 29.1 Å². The largest absolute Gasteiger partial charge is 0.508 e. The van der Waals surface area contributed by atoms with Crippen LogP contribution in [0.15, 0.2) is 71.4 Å². The smallest absolute Gasteiger partial charge is 0.146 e. The second-order valence-electron chi connectivity index (χ2n) is 8.81. The van der Waals surface area contributed by atoms with Gasteiger partial charge in [0.05, 0.1) is 21.9 Å². The predicted molar refractivity (Wildman–Crippen MR) is 137 cm³/mol. The molecule has 0 amide bonds. The van der Waals surface area contributed by atoms with E-state index in [1.165, 1.54) is 0 Å². The van der Waals surface area contributed by atoms with E-state index in [0.29, 0.717) is 50.4 Å². The number of hydrogen-bond acceptors (Lipinski definition) is 5. The number of phenolic OH excluding ortho intramolecular Hbond substituents is 1. The Labute approximate surface area is 213 Å². The topological polar surface area (TPSA) is 75.7 Å². The number of fused-ring (bicyclic) bond motifs is 1. The number of nitrogens with zero attached hydrogens (tertiary/aromatic N) is 1. The van der Waals surface area contributed by atoms with Gasteiger partial charge in [-0.1, -0.05) is 72.5 Å². The van der Waals surface area contributed by atoms with Crippen molar-refractivity contribution in [1.82, 2.24) is 5.16 Å². The molecule has 5 nitrogen and oxygen atoms in total. The molecule has 4 aromatic rings. The van der Waals surface area contributed by atoms with Crippen LogP contribution in [-0.2, 0) is 6.42 Å². The zero-order valence-corrected chi connectivity index (χ0v) is 20.6. The summed E-state index contributed by atoms with van der Waals surface area (Å²) in [4.78, 5) is 0. The van der Waals surface area contributed by atoms with E-state index in [1.807, 2.05) is 44.2 Å². The number of benzene rings is 3. The maximum atomic E-state index is 11.5. The van der Waals surface area contributed by atoms with Gasteiger partial charge in [0.2, 0.25) is 0 Å². The molecule has 178 valence electrons. The molecule has 0 aliphatic carbocycles. The van der Waals surface area contributed by atoms with Crippen molar-refractivity contribution < 1.29 is 19.5 Å². The molecule has 0 fully saturated rings. The van der Waals surface area contributed by atoms with Crippen LogP contribution in [0, 0.1) is 0 Å². The van der Waals surface area contributed by atoms with Crippen LogP contribution in [0.2, 0.25) is 10.0 Å². The maximum Gasteiger partial charge on any atom is 0.146 e. The van der Waals surface area contributed by atoms with Gasteiger partial charge < -0.3 is 19.5 Å². The quantitative estimate of drug-likeness (QED) is 0.291. The number of ether oxygens (including phenoxy) is 1. The molecule has 1 unspecified atom stereocenters. The fourth-order valence-corrected chi connectivity index (χ4v) is 4.86. The highest BCUT2D eigenvalue weighted by atomic mass is 35.5. The molecule has 35 heavy (non-hydrogen) atoms. The molecule has 0 spiro atoms. The van der Waals surface area contributed by atoms with Gasteiger partial charge in [0, 0.05) is 17.9 Å². The number of aromatic hydroxyl groups is 1. The molecule has 1 aliphatic heterocycles. The molecule has 7 heteroatoms. The summed E-state index contributed by atoms with van der Waals surface area (Å²) in [5.41, 5.74) is 5.09. The minimum absolute atomic E-state index is 0.0214. The summed E-state index contributed by atoms with van der Waals surface area (Å²) in [6.45, 7) is 3.95. The lowest BCUT2D eigenvalue weighted by atomic mass is 9.91. The van der Waals surface area contributed by atoms with Crippen molar-refractivity contribution in [2.75, 3.05) is 0 Å². The molecule has 0 radical (unpaired) electrons. The van der Waals surface area contributed by atoms with Gasteiger partial charge >= 0.3 is 0 Å². The van der Waals surface area contributed by atoms with Crippen molar-refractivity contribution in [1.29, 1.82) is 0 Å². The summed E-state index contributed by atoms with van der Waals surface area (Å²) in [5.74, 6) is 1.43. The number of halogens is 2. The molecule has 2 N–H and O–H groups in total. The third kappa shape index (κ3) is 4.43. The number of allylic oxidation sites excluding steroid dienone is 1. The van der Waals surface area contributed by atoms with Crippen LogP contribution >= 0.6 is 23.2 Å². The van der Waals surface area contributed by atoms with E-state index >= 15 is 0 Å². The van der Waals surface area contributed by atoms with E-state index in [-0.39, 0.29) is 11.7 Å². The molecule has 0 saturated carbocycles. The molecule has 3 aromatic carbocycles. The lowest BCUT2D eigenvalue weighted by Crippen LogP contribution is -2.07. The first kappa shape index (κ1) is 23.5. The minimum Gasteiger partial charge on any atom is -0.508 e. The van der Waals surface area contributed by atoms with Gasteiger partial charge in [-0.05, 0) is 52.6 Å². The Bertz CT molecular complexity index is 1400. The zero-order valence-electron chi connectivity index (χ0n) is 19.1. The Balaban J connectivity index is 1.51. The van der Waals surface area contributed by atoms with Crippen LogP contribution in [0.5, 0.6) is 11.5 Å². The second kappa shape index (κ2) is 9.42. The van der Waals surface area contributed by atoms with Gasteiger partial charge in [-0.2, -0.15) is 0 Å². The van der Waals surface area contributed by atoms with Crippen molar-refractivity contribution in [3.05, 3.63) is 105 Å². The van der Waals surface area contributed by atoms with Crippen LogP contribution in [0.4, 0.5) is 0 Å². The molecular formula is C28H23Cl2NO4. The summed E-state index contributed by atoms with van der Waals surface area (Å²) in [5, 5.41) is 26.2.